The van der Waals surface area contributed by atoms with Crippen molar-refractivity contribution in [1.29, 1.82) is 0 Å². The van der Waals surface area contributed by atoms with Gasteiger partial charge in [0.25, 0.3) is 0 Å². The smallest absolute Gasteiger partial charge is 0.235 e. The van der Waals surface area contributed by atoms with Gasteiger partial charge in [-0.2, -0.15) is 0 Å². The number of hydrogen-bond donors (Lipinski definition) is 2. The predicted molar refractivity (Wildman–Crippen MR) is 56.3 cm³/mol. The molecule has 7 heteroatoms. The highest BCUT2D eigenvalue weighted by Crippen LogP contribution is 2.16. The number of primary amides is 1. The van der Waals surface area contributed by atoms with Crippen LogP contribution in [0.3, 0.4) is 0 Å². The maximum atomic E-state index is 11.1. The third-order valence-electron chi connectivity index (χ3n) is 1.51. The minimum absolute atomic E-state index is 0.331. The quantitative estimate of drug-likeness (QED) is 0.708. The molecule has 15 heavy (non-hydrogen) atoms. The van der Waals surface area contributed by atoms with Crippen molar-refractivity contribution in [1.82, 2.24) is 10.2 Å². The van der Waals surface area contributed by atoms with Crippen LogP contribution >= 0.6 is 11.3 Å². The van der Waals surface area contributed by atoms with Gasteiger partial charge in [0.1, 0.15) is 11.4 Å². The zero-order valence-electron chi connectivity index (χ0n) is 8.32. The van der Waals surface area contributed by atoms with E-state index in [1.54, 1.807) is 0 Å². The summed E-state index contributed by atoms with van der Waals surface area (Å²) in [5.74, 6) is -1.12. The van der Waals surface area contributed by atoms with Gasteiger partial charge in [-0.3, -0.25) is 9.59 Å². The van der Waals surface area contributed by atoms with Gasteiger partial charge in [-0.05, 0) is 6.42 Å². The second kappa shape index (κ2) is 5.40. The van der Waals surface area contributed by atoms with Gasteiger partial charge in [0.15, 0.2) is 0 Å². The number of nitrogens with one attached hydrogen (secondary N) is 1. The molecule has 6 nitrogen and oxygen atoms in total. The summed E-state index contributed by atoms with van der Waals surface area (Å²) < 4.78 is 0. The van der Waals surface area contributed by atoms with Crippen LogP contribution in [0, 0.1) is 0 Å². The van der Waals surface area contributed by atoms with E-state index in [1.165, 1.54) is 11.3 Å². The number of carbonyl (C=O) groups is 2. The van der Waals surface area contributed by atoms with Crippen LogP contribution in [0.25, 0.3) is 0 Å². The van der Waals surface area contributed by atoms with Crippen molar-refractivity contribution in [2.75, 3.05) is 5.32 Å². The summed E-state index contributed by atoms with van der Waals surface area (Å²) in [6.07, 6.45) is 1.48. The zero-order chi connectivity index (χ0) is 11.3. The Morgan fingerprint density at radius 2 is 2.20 bits per heavy atom. The maximum Gasteiger partial charge on any atom is 0.235 e. The van der Waals surface area contributed by atoms with E-state index in [1.807, 2.05) is 6.92 Å². The highest BCUT2D eigenvalue weighted by atomic mass is 32.1. The van der Waals surface area contributed by atoms with Gasteiger partial charge in [0, 0.05) is 6.42 Å². The van der Waals surface area contributed by atoms with Crippen LogP contribution in [0.1, 0.15) is 24.8 Å². The number of anilines is 1. The van der Waals surface area contributed by atoms with Gasteiger partial charge in [-0.1, -0.05) is 18.3 Å². The summed E-state index contributed by atoms with van der Waals surface area (Å²) in [6, 6.07) is 0. The van der Waals surface area contributed by atoms with Crippen LogP contribution in [0.5, 0.6) is 0 Å². The molecule has 0 atom stereocenters. The van der Waals surface area contributed by atoms with Gasteiger partial charge in [0.2, 0.25) is 16.9 Å². The first-order valence-corrected chi connectivity index (χ1v) is 5.34. The molecule has 0 aromatic carbocycles. The highest BCUT2D eigenvalue weighted by Gasteiger charge is 2.09. The predicted octanol–water partition coefficient (Wildman–Crippen LogP) is 0.304. The third-order valence-corrected chi connectivity index (χ3v) is 2.41. The number of rotatable bonds is 5. The molecule has 1 aromatic rings. The number of amides is 2. The van der Waals surface area contributed by atoms with E-state index in [4.69, 9.17) is 5.73 Å². The summed E-state index contributed by atoms with van der Waals surface area (Å²) in [6.45, 7) is 2.03. The second-order valence-corrected chi connectivity index (χ2v) is 4.00. The van der Waals surface area contributed by atoms with E-state index in [0.29, 0.717) is 5.13 Å². The maximum absolute atomic E-state index is 11.1. The van der Waals surface area contributed by atoms with Crippen molar-refractivity contribution in [3.8, 4) is 0 Å². The fraction of sp³-hybridized carbons (Fsp3) is 0.500. The van der Waals surface area contributed by atoms with Gasteiger partial charge in [-0.25, -0.2) is 0 Å². The SMILES string of the molecule is CCCc1nnc(NC(=O)CC(N)=O)s1. The minimum Gasteiger partial charge on any atom is -0.369 e. The first-order valence-electron chi connectivity index (χ1n) is 4.52. The van der Waals surface area contributed by atoms with E-state index in [9.17, 15) is 9.59 Å². The number of aryl methyl sites for hydroxylation is 1. The molecule has 0 saturated carbocycles. The Morgan fingerprint density at radius 1 is 1.47 bits per heavy atom. The van der Waals surface area contributed by atoms with Crippen molar-refractivity contribution < 1.29 is 9.59 Å². The number of hydrogen-bond acceptors (Lipinski definition) is 5. The molecule has 0 spiro atoms. The summed E-state index contributed by atoms with van der Waals surface area (Å²) in [5, 5.41) is 11.4. The van der Waals surface area contributed by atoms with Gasteiger partial charge in [0.05, 0.1) is 0 Å². The van der Waals surface area contributed by atoms with Crippen LogP contribution in [0.15, 0.2) is 0 Å². The second-order valence-electron chi connectivity index (χ2n) is 2.94. The number of carbonyl (C=O) groups excluding carboxylic acids is 2. The average Bonchev–Trinajstić information content (AvgIpc) is 2.51. The molecule has 3 N–H and O–H groups in total. The van der Waals surface area contributed by atoms with Crippen LogP contribution in [0.4, 0.5) is 5.13 Å². The Hall–Kier alpha value is -1.50. The van der Waals surface area contributed by atoms with Gasteiger partial charge < -0.3 is 11.1 Å². The minimum atomic E-state index is -0.661. The summed E-state index contributed by atoms with van der Waals surface area (Å²) in [4.78, 5) is 21.6. The Morgan fingerprint density at radius 3 is 2.80 bits per heavy atom. The molecule has 1 rings (SSSR count). The van der Waals surface area contributed by atoms with E-state index in [0.717, 1.165) is 17.8 Å². The lowest BCUT2D eigenvalue weighted by Crippen LogP contribution is -2.21. The monoisotopic (exact) mass is 228 g/mol. The molecule has 1 aromatic heterocycles. The van der Waals surface area contributed by atoms with Crippen molar-refractivity contribution >= 4 is 28.3 Å². The molecule has 0 radical (unpaired) electrons. The third kappa shape index (κ3) is 4.03. The van der Waals surface area contributed by atoms with E-state index in [-0.39, 0.29) is 6.42 Å². The molecule has 1 heterocycles. The normalized spacial score (nSPS) is 9.93. The van der Waals surface area contributed by atoms with Gasteiger partial charge in [-0.15, -0.1) is 10.2 Å². The topological polar surface area (TPSA) is 98.0 Å². The van der Waals surface area contributed by atoms with Crippen LogP contribution in [0.2, 0.25) is 0 Å². The van der Waals surface area contributed by atoms with E-state index < -0.39 is 11.8 Å². The Balaban J connectivity index is 2.49. The molecule has 0 aliphatic rings. The molecular formula is C8H12N4O2S. The largest absolute Gasteiger partial charge is 0.369 e. The van der Waals surface area contributed by atoms with Crippen molar-refractivity contribution in [2.24, 2.45) is 5.73 Å². The summed E-state index contributed by atoms with van der Waals surface area (Å²) >= 11 is 1.31. The van der Waals surface area contributed by atoms with Crippen LogP contribution in [-0.2, 0) is 16.0 Å². The first-order chi connectivity index (χ1) is 7.11. The van der Waals surface area contributed by atoms with Crippen LogP contribution < -0.4 is 11.1 Å². The standard InChI is InChI=1S/C8H12N4O2S/c1-2-3-7-11-12-8(15-7)10-6(14)4-5(9)13/h2-4H2,1H3,(H2,9,13)(H,10,12,14). The molecule has 0 saturated heterocycles. The molecule has 82 valence electrons. The zero-order valence-corrected chi connectivity index (χ0v) is 9.13. The molecular weight excluding hydrogens is 216 g/mol. The highest BCUT2D eigenvalue weighted by molar-refractivity contribution is 7.15. The van der Waals surface area contributed by atoms with Crippen molar-refractivity contribution in [3.63, 3.8) is 0 Å². The molecule has 0 unspecified atom stereocenters. The average molecular weight is 228 g/mol. The van der Waals surface area contributed by atoms with E-state index >= 15 is 0 Å². The van der Waals surface area contributed by atoms with Crippen molar-refractivity contribution in [2.45, 2.75) is 26.2 Å². The Labute approximate surface area is 90.9 Å². The van der Waals surface area contributed by atoms with Crippen LogP contribution in [-0.4, -0.2) is 22.0 Å². The first kappa shape index (κ1) is 11.6. The molecule has 2 amide bonds. The molecule has 0 aliphatic carbocycles. The number of nitrogens with two attached hydrogens (primary N) is 1. The molecule has 0 bridgehead atoms. The number of nitrogens with zero attached hydrogens (tertiary/aromatic N) is 2. The van der Waals surface area contributed by atoms with Gasteiger partial charge >= 0.3 is 0 Å². The summed E-state index contributed by atoms with van der Waals surface area (Å²) in [7, 11) is 0. The lowest BCUT2D eigenvalue weighted by Gasteiger charge is -1.96. The Kier molecular flexibility index (Phi) is 4.17. The lowest BCUT2D eigenvalue weighted by atomic mass is 10.4. The number of aromatic nitrogens is 2. The molecule has 0 fully saturated rings. The molecule has 0 aliphatic heterocycles. The van der Waals surface area contributed by atoms with Crippen molar-refractivity contribution in [3.05, 3.63) is 5.01 Å². The fourth-order valence-corrected chi connectivity index (χ4v) is 1.80. The summed E-state index contributed by atoms with van der Waals surface area (Å²) in [5.41, 5.74) is 4.87. The van der Waals surface area contributed by atoms with E-state index in [2.05, 4.69) is 15.5 Å². The fourth-order valence-electron chi connectivity index (χ4n) is 0.941. The Bertz CT molecular complexity index is 363. The lowest BCUT2D eigenvalue weighted by molar-refractivity contribution is -0.124.